The molecule has 0 fully saturated rings. The number of rotatable bonds is 7. The molecular formula is C27H22ClN3O2. The molecule has 0 atom stereocenters. The van der Waals surface area contributed by atoms with Gasteiger partial charge in [-0.15, -0.1) is 0 Å². The van der Waals surface area contributed by atoms with Crippen molar-refractivity contribution in [1.82, 2.24) is 0 Å². The van der Waals surface area contributed by atoms with Gasteiger partial charge in [-0.3, -0.25) is 9.59 Å². The van der Waals surface area contributed by atoms with Crippen molar-refractivity contribution in [3.63, 3.8) is 0 Å². The number of carbonyl (C=O) groups is 2. The molecule has 4 aromatic rings. The van der Waals surface area contributed by atoms with Gasteiger partial charge >= 0.3 is 0 Å². The van der Waals surface area contributed by atoms with Gasteiger partial charge in [0.25, 0.3) is 5.91 Å². The lowest BCUT2D eigenvalue weighted by Gasteiger charge is -2.12. The lowest BCUT2D eigenvalue weighted by molar-refractivity contribution is -0.115. The third kappa shape index (κ3) is 6.21. The maximum absolute atomic E-state index is 12.9. The van der Waals surface area contributed by atoms with Crippen LogP contribution in [0.4, 0.5) is 22.7 Å². The van der Waals surface area contributed by atoms with Crippen molar-refractivity contribution in [2.45, 2.75) is 6.42 Å². The summed E-state index contributed by atoms with van der Waals surface area (Å²) in [5, 5.41) is 9.64. The van der Waals surface area contributed by atoms with Crippen LogP contribution in [0, 0.1) is 0 Å². The van der Waals surface area contributed by atoms with Crippen LogP contribution in [-0.2, 0) is 11.2 Å². The van der Waals surface area contributed by atoms with Crippen molar-refractivity contribution in [3.05, 3.63) is 119 Å². The van der Waals surface area contributed by atoms with Gasteiger partial charge in [-0.1, -0.05) is 54.1 Å². The Kier molecular flexibility index (Phi) is 7.03. The molecular weight excluding hydrogens is 434 g/mol. The summed E-state index contributed by atoms with van der Waals surface area (Å²) in [6.07, 6.45) is 0.184. The van der Waals surface area contributed by atoms with Gasteiger partial charge in [0.05, 0.1) is 17.7 Å². The maximum atomic E-state index is 12.9. The first-order valence-corrected chi connectivity index (χ1v) is 10.8. The molecule has 4 rings (SSSR count). The Morgan fingerprint density at radius 1 is 0.636 bits per heavy atom. The summed E-state index contributed by atoms with van der Waals surface area (Å²) in [5.74, 6) is -0.518. The minimum Gasteiger partial charge on any atom is -0.356 e. The molecule has 0 aromatic heterocycles. The van der Waals surface area contributed by atoms with E-state index in [4.69, 9.17) is 11.6 Å². The third-order valence-electron chi connectivity index (χ3n) is 4.93. The number of amides is 2. The van der Waals surface area contributed by atoms with E-state index in [1.54, 1.807) is 48.5 Å². The second kappa shape index (κ2) is 10.5. The van der Waals surface area contributed by atoms with E-state index in [0.29, 0.717) is 22.0 Å². The summed E-state index contributed by atoms with van der Waals surface area (Å²) >= 11 is 5.90. The van der Waals surface area contributed by atoms with Crippen LogP contribution in [0.1, 0.15) is 15.9 Å². The van der Waals surface area contributed by atoms with E-state index < -0.39 is 0 Å². The summed E-state index contributed by atoms with van der Waals surface area (Å²) in [4.78, 5) is 25.4. The van der Waals surface area contributed by atoms with Crippen LogP contribution in [0.25, 0.3) is 0 Å². The Bertz CT molecular complexity index is 1240. The number of halogens is 1. The Balaban J connectivity index is 1.40. The molecule has 6 heteroatoms. The summed E-state index contributed by atoms with van der Waals surface area (Å²) in [6.45, 7) is 0. The van der Waals surface area contributed by atoms with E-state index in [1.807, 2.05) is 54.6 Å². The predicted octanol–water partition coefficient (Wildman–Crippen LogP) is 6.52. The first kappa shape index (κ1) is 22.1. The van der Waals surface area contributed by atoms with Gasteiger partial charge in [-0.05, 0) is 66.2 Å². The Morgan fingerprint density at radius 3 is 1.97 bits per heavy atom. The van der Waals surface area contributed by atoms with Gasteiger partial charge in [0.2, 0.25) is 5.91 Å². The van der Waals surface area contributed by atoms with Crippen molar-refractivity contribution in [2.24, 2.45) is 0 Å². The standard InChI is InChI=1S/C27H22ClN3O2/c28-20-12-10-19(11-13-20)18-26(32)31-25-9-5-4-8-24(25)27(33)30-23-16-14-22(15-17-23)29-21-6-2-1-3-7-21/h1-17,29H,18H2,(H,30,33)(H,31,32). The fraction of sp³-hybridized carbons (Fsp3) is 0.0370. The highest BCUT2D eigenvalue weighted by Crippen LogP contribution is 2.21. The molecule has 0 aliphatic heterocycles. The SMILES string of the molecule is O=C(Cc1ccc(Cl)cc1)Nc1ccccc1C(=O)Nc1ccc(Nc2ccccc2)cc1. The van der Waals surface area contributed by atoms with Crippen LogP contribution in [0.2, 0.25) is 5.02 Å². The molecule has 0 spiro atoms. The predicted molar refractivity (Wildman–Crippen MR) is 134 cm³/mol. The van der Waals surface area contributed by atoms with Gasteiger partial charge in [0.15, 0.2) is 0 Å². The minimum absolute atomic E-state index is 0.184. The van der Waals surface area contributed by atoms with E-state index in [2.05, 4.69) is 16.0 Å². The fourth-order valence-corrected chi connectivity index (χ4v) is 3.42. The van der Waals surface area contributed by atoms with Crippen LogP contribution < -0.4 is 16.0 Å². The molecule has 0 saturated heterocycles. The van der Waals surface area contributed by atoms with Crippen LogP contribution in [-0.4, -0.2) is 11.8 Å². The average molecular weight is 456 g/mol. The summed E-state index contributed by atoms with van der Waals surface area (Å²) in [7, 11) is 0. The maximum Gasteiger partial charge on any atom is 0.257 e. The van der Waals surface area contributed by atoms with Crippen molar-refractivity contribution < 1.29 is 9.59 Å². The first-order chi connectivity index (χ1) is 16.1. The Hall–Kier alpha value is -4.09. The van der Waals surface area contributed by atoms with Crippen LogP contribution in [0.5, 0.6) is 0 Å². The molecule has 164 valence electrons. The van der Waals surface area contributed by atoms with E-state index >= 15 is 0 Å². The van der Waals surface area contributed by atoms with E-state index in [1.165, 1.54) is 0 Å². The van der Waals surface area contributed by atoms with Crippen molar-refractivity contribution >= 4 is 46.2 Å². The van der Waals surface area contributed by atoms with Crippen molar-refractivity contribution in [2.75, 3.05) is 16.0 Å². The normalized spacial score (nSPS) is 10.3. The van der Waals surface area contributed by atoms with Crippen molar-refractivity contribution in [3.8, 4) is 0 Å². The number of carbonyl (C=O) groups excluding carboxylic acids is 2. The van der Waals surface area contributed by atoms with Crippen molar-refractivity contribution in [1.29, 1.82) is 0 Å². The van der Waals surface area contributed by atoms with Crippen LogP contribution >= 0.6 is 11.6 Å². The molecule has 5 nitrogen and oxygen atoms in total. The Labute approximate surface area is 197 Å². The first-order valence-electron chi connectivity index (χ1n) is 10.4. The number of anilines is 4. The molecule has 0 saturated carbocycles. The highest BCUT2D eigenvalue weighted by molar-refractivity contribution is 6.30. The summed E-state index contributed by atoms with van der Waals surface area (Å²) in [5.41, 5.74) is 4.22. The largest absolute Gasteiger partial charge is 0.356 e. The zero-order chi connectivity index (χ0) is 23.0. The molecule has 33 heavy (non-hydrogen) atoms. The summed E-state index contributed by atoms with van der Waals surface area (Å²) < 4.78 is 0. The Morgan fingerprint density at radius 2 is 1.24 bits per heavy atom. The minimum atomic E-state index is -0.304. The van der Waals surface area contributed by atoms with Gasteiger partial charge in [0, 0.05) is 22.1 Å². The smallest absolute Gasteiger partial charge is 0.257 e. The van der Waals surface area contributed by atoms with E-state index in [0.717, 1.165) is 16.9 Å². The molecule has 4 aromatic carbocycles. The molecule has 0 unspecified atom stereocenters. The topological polar surface area (TPSA) is 70.2 Å². The second-order valence-electron chi connectivity index (χ2n) is 7.42. The molecule has 3 N–H and O–H groups in total. The molecule has 0 radical (unpaired) electrons. The lowest BCUT2D eigenvalue weighted by atomic mass is 10.1. The second-order valence-corrected chi connectivity index (χ2v) is 7.86. The molecule has 0 aliphatic carbocycles. The third-order valence-corrected chi connectivity index (χ3v) is 5.18. The fourth-order valence-electron chi connectivity index (χ4n) is 3.30. The molecule has 0 aliphatic rings. The van der Waals surface area contributed by atoms with Crippen LogP contribution in [0.15, 0.2) is 103 Å². The number of nitrogens with one attached hydrogen (secondary N) is 3. The molecule has 0 heterocycles. The number of hydrogen-bond acceptors (Lipinski definition) is 3. The summed E-state index contributed by atoms with van der Waals surface area (Å²) in [6, 6.07) is 31.3. The van der Waals surface area contributed by atoms with Gasteiger partial charge in [-0.25, -0.2) is 0 Å². The van der Waals surface area contributed by atoms with Gasteiger partial charge in [-0.2, -0.15) is 0 Å². The number of para-hydroxylation sites is 2. The average Bonchev–Trinajstić information content (AvgIpc) is 2.83. The number of hydrogen-bond donors (Lipinski definition) is 3. The lowest BCUT2D eigenvalue weighted by Crippen LogP contribution is -2.19. The number of benzene rings is 4. The highest BCUT2D eigenvalue weighted by Gasteiger charge is 2.14. The zero-order valence-corrected chi connectivity index (χ0v) is 18.5. The van der Waals surface area contributed by atoms with E-state index in [9.17, 15) is 9.59 Å². The quantitative estimate of drug-likeness (QED) is 0.297. The zero-order valence-electron chi connectivity index (χ0n) is 17.7. The molecule has 2 amide bonds. The van der Waals surface area contributed by atoms with Gasteiger partial charge in [0.1, 0.15) is 0 Å². The van der Waals surface area contributed by atoms with E-state index in [-0.39, 0.29) is 18.2 Å². The highest BCUT2D eigenvalue weighted by atomic mass is 35.5. The monoisotopic (exact) mass is 455 g/mol. The molecule has 0 bridgehead atoms. The van der Waals surface area contributed by atoms with Crippen LogP contribution in [0.3, 0.4) is 0 Å². The van der Waals surface area contributed by atoms with Gasteiger partial charge < -0.3 is 16.0 Å².